The van der Waals surface area contributed by atoms with Crippen molar-refractivity contribution in [2.45, 2.75) is 147 Å². The van der Waals surface area contributed by atoms with Gasteiger partial charge in [0.05, 0.1) is 17.0 Å². The van der Waals surface area contributed by atoms with Crippen LogP contribution in [-0.2, 0) is 39.9 Å². The second-order valence-corrected chi connectivity index (χ2v) is 20.2. The van der Waals surface area contributed by atoms with Gasteiger partial charge in [-0.3, -0.25) is 24.1 Å². The summed E-state index contributed by atoms with van der Waals surface area (Å²) >= 11 is 1.30. The van der Waals surface area contributed by atoms with Crippen LogP contribution >= 0.6 is 11.8 Å². The SMILES string of the molecule is C/C1=C\C=C\CC2CC(OC(=O)N2)[C@@H](C)C2O[C@]2(C)CCC(=O)N(C)c2cc(cc(C)c2C)C1.C=C(NNC)C1CCC(CN2C(=O)CC(SCCC(=O)N(C)[C@@H](C)C(=O)O)C2=O)CC1. The molecule has 16 heteroatoms. The van der Waals surface area contributed by atoms with E-state index < -0.39 is 17.3 Å². The lowest BCUT2D eigenvalue weighted by atomic mass is 9.80. The van der Waals surface area contributed by atoms with Gasteiger partial charge in [-0.1, -0.05) is 43.4 Å². The summed E-state index contributed by atoms with van der Waals surface area (Å²) in [4.78, 5) is 78.0. The van der Waals surface area contributed by atoms with Crippen molar-refractivity contribution in [3.8, 4) is 0 Å². The summed E-state index contributed by atoms with van der Waals surface area (Å²) < 4.78 is 11.7. The zero-order chi connectivity index (χ0) is 47.7. The molecule has 4 fully saturated rings. The monoisotopic (exact) mass is 921 g/mol. The minimum absolute atomic E-state index is 0.0160. The maximum atomic E-state index is 13.2. The predicted molar refractivity (Wildman–Crippen MR) is 253 cm³/mol. The average molecular weight is 921 g/mol. The largest absolute Gasteiger partial charge is 0.480 e. The van der Waals surface area contributed by atoms with E-state index in [1.54, 1.807) is 11.9 Å². The van der Waals surface area contributed by atoms with Gasteiger partial charge in [-0.15, -0.1) is 11.8 Å². The number of benzene rings is 1. The minimum atomic E-state index is -1.06. The lowest BCUT2D eigenvalue weighted by molar-refractivity contribution is -0.148. The number of likely N-dealkylation sites (N-methyl/N-ethyl adjacent to an activating group) is 1. The number of imide groups is 1. The first-order valence-corrected chi connectivity index (χ1v) is 24.2. The van der Waals surface area contributed by atoms with Gasteiger partial charge in [0.1, 0.15) is 12.1 Å². The van der Waals surface area contributed by atoms with Crippen LogP contribution in [0, 0.1) is 31.6 Å². The van der Waals surface area contributed by atoms with Gasteiger partial charge in [-0.05, 0) is 114 Å². The number of carbonyl (C=O) groups is 6. The highest BCUT2D eigenvalue weighted by Gasteiger charge is 2.57. The van der Waals surface area contributed by atoms with E-state index in [4.69, 9.17) is 14.6 Å². The van der Waals surface area contributed by atoms with Crippen molar-refractivity contribution in [3.05, 3.63) is 64.9 Å². The number of thioether (sulfide) groups is 1. The van der Waals surface area contributed by atoms with Gasteiger partial charge in [-0.2, -0.15) is 0 Å². The highest BCUT2D eigenvalue weighted by Crippen LogP contribution is 2.47. The Morgan fingerprint density at radius 1 is 1.11 bits per heavy atom. The summed E-state index contributed by atoms with van der Waals surface area (Å²) in [5.74, 6) is -0.426. The number of hydrazine groups is 1. The zero-order valence-electron chi connectivity index (χ0n) is 39.9. The number of likely N-dealkylation sites (tertiary alicyclic amines) is 1. The van der Waals surface area contributed by atoms with Gasteiger partial charge < -0.3 is 35.1 Å². The highest BCUT2D eigenvalue weighted by atomic mass is 32.2. The molecular weight excluding hydrogens is 849 g/mol. The van der Waals surface area contributed by atoms with Crippen LogP contribution in [0.4, 0.5) is 10.5 Å². The molecule has 1 aromatic carbocycles. The lowest BCUT2D eigenvalue weighted by Crippen LogP contribution is -2.48. The molecule has 0 radical (unpaired) electrons. The number of nitrogens with zero attached hydrogens (tertiary/aromatic N) is 3. The van der Waals surface area contributed by atoms with Crippen molar-refractivity contribution in [2.24, 2.45) is 17.8 Å². The summed E-state index contributed by atoms with van der Waals surface area (Å²) in [5.41, 5.74) is 12.3. The molecule has 4 aliphatic heterocycles. The summed E-state index contributed by atoms with van der Waals surface area (Å²) in [6, 6.07) is 3.50. The molecule has 5 aliphatic rings. The predicted octanol–water partition coefficient (Wildman–Crippen LogP) is 6.37. The standard InChI is InChI=1S/C28H38N2O4.C21H34N4O5S/c1-17-9-7-8-10-22-16-24(33-27(32)29-22)20(4)26-28(5,34-26)12-11-25(31)30(6)23-15-21(13-17)14-18(2)19(23)3;1-13(23-22-3)16-7-5-15(6-8-16)12-25-19(27)11-17(20(25)28)31-10-9-18(26)24(4)14(2)21(29)30/h7-9,14-15,20,22,24,26H,10-13,16H2,1-6H3,(H,29,32);14-17,22-23H,1,5-12H2,2-4H3,(H,29,30)/b8-7+,17-9+;/t20-,22?,24?,26?,28-;14-,15?,16?,17?/m10/s1. The van der Waals surface area contributed by atoms with Crippen LogP contribution in [0.1, 0.15) is 109 Å². The van der Waals surface area contributed by atoms with E-state index in [0.29, 0.717) is 37.0 Å². The number of allylic oxidation sites excluding steroid dienone is 4. The number of hydrogen-bond donors (Lipinski definition) is 4. The number of hydrogen-bond acceptors (Lipinski definition) is 11. The fourth-order valence-corrected chi connectivity index (χ4v) is 10.5. The van der Waals surface area contributed by atoms with Crippen molar-refractivity contribution in [2.75, 3.05) is 38.3 Å². The second-order valence-electron chi connectivity index (χ2n) is 18.9. The smallest absolute Gasteiger partial charge is 0.407 e. The Morgan fingerprint density at radius 2 is 1.82 bits per heavy atom. The van der Waals surface area contributed by atoms with Gasteiger partial charge in [0.2, 0.25) is 23.6 Å². The van der Waals surface area contributed by atoms with Crippen molar-refractivity contribution in [3.63, 3.8) is 0 Å². The number of carboxylic acids is 1. The molecule has 3 saturated heterocycles. The average Bonchev–Trinajstić information content (AvgIpc) is 3.88. The topological polar surface area (TPSA) is 190 Å². The van der Waals surface area contributed by atoms with E-state index >= 15 is 0 Å². The maximum Gasteiger partial charge on any atom is 0.407 e. The van der Waals surface area contributed by atoms with Gasteiger partial charge in [0, 0.05) is 82.5 Å². The summed E-state index contributed by atoms with van der Waals surface area (Å²) in [6.45, 7) is 16.4. The molecule has 4 heterocycles. The molecule has 7 atom stereocenters. The minimum Gasteiger partial charge on any atom is -0.480 e. The van der Waals surface area contributed by atoms with Gasteiger partial charge in [0.25, 0.3) is 0 Å². The van der Waals surface area contributed by atoms with Crippen LogP contribution in [-0.4, -0.2) is 119 Å². The number of nitrogens with one attached hydrogen (secondary N) is 3. The summed E-state index contributed by atoms with van der Waals surface area (Å²) in [6.07, 6.45) is 13.3. The maximum absolute atomic E-state index is 13.2. The number of ether oxygens (including phenoxy) is 2. The van der Waals surface area contributed by atoms with E-state index in [1.165, 1.54) is 52.2 Å². The molecule has 5 amide bonds. The number of alkyl carbamates (subject to hydrolysis) is 1. The number of epoxide rings is 1. The van der Waals surface area contributed by atoms with Crippen LogP contribution in [0.25, 0.3) is 0 Å². The fraction of sp³-hybridized carbons (Fsp3) is 0.633. The van der Waals surface area contributed by atoms with Crippen molar-refractivity contribution >= 4 is 53.1 Å². The molecule has 4 unspecified atom stereocenters. The molecule has 65 heavy (non-hydrogen) atoms. The number of carboxylic acid groups (broad SMARTS) is 1. The number of carbonyl (C=O) groups excluding carboxylic acids is 5. The van der Waals surface area contributed by atoms with Crippen LogP contribution < -0.4 is 21.1 Å². The number of anilines is 1. The molecule has 1 saturated carbocycles. The van der Waals surface area contributed by atoms with Crippen molar-refractivity contribution in [1.82, 2.24) is 26.0 Å². The van der Waals surface area contributed by atoms with E-state index in [0.717, 1.165) is 61.9 Å². The Bertz CT molecular complexity index is 2020. The van der Waals surface area contributed by atoms with Crippen molar-refractivity contribution in [1.29, 1.82) is 0 Å². The molecule has 1 aliphatic carbocycles. The molecular formula is C49H72N6O9S. The Morgan fingerprint density at radius 3 is 2.49 bits per heavy atom. The Balaban J connectivity index is 0.000000245. The third-order valence-corrected chi connectivity index (χ3v) is 15.2. The lowest BCUT2D eigenvalue weighted by Gasteiger charge is -2.33. The zero-order valence-corrected chi connectivity index (χ0v) is 40.7. The number of aryl methyl sites for hydroxylation is 1. The summed E-state index contributed by atoms with van der Waals surface area (Å²) in [5, 5.41) is 11.5. The third kappa shape index (κ3) is 13.5. The van der Waals surface area contributed by atoms with Crippen LogP contribution in [0.2, 0.25) is 0 Å². The normalized spacial score (nSPS) is 30.0. The fourth-order valence-electron chi connectivity index (χ4n) is 9.43. The first kappa shape index (κ1) is 51.3. The van der Waals surface area contributed by atoms with E-state index in [2.05, 4.69) is 87.7 Å². The molecule has 4 N–H and O–H groups in total. The highest BCUT2D eigenvalue weighted by molar-refractivity contribution is 8.00. The Labute approximate surface area is 389 Å². The first-order valence-electron chi connectivity index (χ1n) is 23.1. The van der Waals surface area contributed by atoms with Crippen molar-refractivity contribution < 1.29 is 43.3 Å². The molecule has 4 bridgehead atoms. The van der Waals surface area contributed by atoms with E-state index in [9.17, 15) is 28.8 Å². The van der Waals surface area contributed by atoms with Crippen LogP contribution in [0.15, 0.2) is 48.2 Å². The summed E-state index contributed by atoms with van der Waals surface area (Å²) in [7, 11) is 5.13. The van der Waals surface area contributed by atoms with Gasteiger partial charge in [-0.25, -0.2) is 15.0 Å². The Kier molecular flexibility index (Phi) is 17.9. The first-order chi connectivity index (χ1) is 30.7. The molecule has 358 valence electrons. The number of amides is 5. The molecule has 0 aromatic heterocycles. The van der Waals surface area contributed by atoms with Crippen LogP contribution in [0.3, 0.4) is 0 Å². The van der Waals surface area contributed by atoms with E-state index in [1.807, 2.05) is 7.05 Å². The van der Waals surface area contributed by atoms with Gasteiger partial charge >= 0.3 is 12.1 Å². The number of rotatable bonds is 11. The van der Waals surface area contributed by atoms with Crippen LogP contribution in [0.5, 0.6) is 0 Å². The number of aliphatic carboxylic acids is 1. The molecule has 1 aromatic rings. The Hall–Kier alpha value is -4.67. The number of fused-ring (bicyclic) bond motifs is 5. The third-order valence-electron chi connectivity index (χ3n) is 14.0. The van der Waals surface area contributed by atoms with E-state index in [-0.39, 0.29) is 72.3 Å². The molecule has 0 spiro atoms. The molecule has 15 nitrogen and oxygen atoms in total. The van der Waals surface area contributed by atoms with Gasteiger partial charge in [0.15, 0.2) is 0 Å². The quantitative estimate of drug-likeness (QED) is 0.109. The second kappa shape index (κ2) is 22.7. The molecule has 6 rings (SSSR count).